The Hall–Kier alpha value is -3.29. The number of ketones is 3. The maximum absolute atomic E-state index is 10.4. The number of furan rings is 1. The smallest absolute Gasteiger partial charge is 0.330 e. The van der Waals surface area contributed by atoms with E-state index in [9.17, 15) is 24.0 Å². The zero-order valence-corrected chi connectivity index (χ0v) is 14.3. The molecule has 0 unspecified atom stereocenters. The maximum Gasteiger partial charge on any atom is 0.330 e. The van der Waals surface area contributed by atoms with Gasteiger partial charge in [-0.05, 0) is 38.1 Å². The Labute approximate surface area is 144 Å². The van der Waals surface area contributed by atoms with Gasteiger partial charge in [-0.3, -0.25) is 14.4 Å². The SMILES string of the molecule is CC(=O)/C=C/C(=O)O.CC(=O)c1ccco1.COC(=O)/C=C/C(C)=O. The van der Waals surface area contributed by atoms with Gasteiger partial charge in [-0.15, -0.1) is 0 Å². The highest BCUT2D eigenvalue weighted by molar-refractivity contribution is 5.94. The molecular formula is C17H20O8. The quantitative estimate of drug-likeness (QED) is 0.484. The summed E-state index contributed by atoms with van der Waals surface area (Å²) < 4.78 is 8.97. The Kier molecular flexibility index (Phi) is 13.7. The van der Waals surface area contributed by atoms with E-state index < -0.39 is 11.9 Å². The molecule has 0 saturated heterocycles. The van der Waals surface area contributed by atoms with Crippen molar-refractivity contribution in [1.29, 1.82) is 0 Å². The van der Waals surface area contributed by atoms with Crippen LogP contribution in [0.15, 0.2) is 47.1 Å². The van der Waals surface area contributed by atoms with Crippen LogP contribution in [0.1, 0.15) is 31.3 Å². The molecule has 0 aliphatic carbocycles. The lowest BCUT2D eigenvalue weighted by Crippen LogP contribution is -1.95. The topological polar surface area (TPSA) is 128 Å². The molecule has 0 spiro atoms. The van der Waals surface area contributed by atoms with Gasteiger partial charge in [0.15, 0.2) is 23.1 Å². The van der Waals surface area contributed by atoms with Crippen LogP contribution in [-0.4, -0.2) is 41.5 Å². The monoisotopic (exact) mass is 352 g/mol. The van der Waals surface area contributed by atoms with E-state index in [-0.39, 0.29) is 17.3 Å². The summed E-state index contributed by atoms with van der Waals surface area (Å²) in [6.45, 7) is 4.12. The highest BCUT2D eigenvalue weighted by Gasteiger charge is 1.97. The lowest BCUT2D eigenvalue weighted by molar-refractivity contribution is -0.135. The Balaban J connectivity index is 0. The molecule has 1 N–H and O–H groups in total. The summed E-state index contributed by atoms with van der Waals surface area (Å²) in [5, 5.41) is 7.92. The zero-order valence-electron chi connectivity index (χ0n) is 14.3. The van der Waals surface area contributed by atoms with Gasteiger partial charge in [-0.2, -0.15) is 0 Å². The molecule has 1 rings (SSSR count). The van der Waals surface area contributed by atoms with Gasteiger partial charge in [0.2, 0.25) is 0 Å². The minimum Gasteiger partial charge on any atom is -0.478 e. The molecule has 0 aliphatic heterocycles. The third kappa shape index (κ3) is 18.7. The van der Waals surface area contributed by atoms with Crippen LogP contribution in [0.4, 0.5) is 0 Å². The molecule has 1 aromatic heterocycles. The maximum atomic E-state index is 10.4. The van der Waals surface area contributed by atoms with Gasteiger partial charge in [0, 0.05) is 19.1 Å². The number of carbonyl (C=O) groups is 5. The van der Waals surface area contributed by atoms with Crippen molar-refractivity contribution in [3.63, 3.8) is 0 Å². The number of allylic oxidation sites excluding steroid dienone is 2. The highest BCUT2D eigenvalue weighted by Crippen LogP contribution is 1.98. The lowest BCUT2D eigenvalue weighted by atomic mass is 10.3. The van der Waals surface area contributed by atoms with Gasteiger partial charge in [0.05, 0.1) is 13.4 Å². The number of carboxylic acids is 1. The molecular weight excluding hydrogens is 332 g/mol. The molecule has 0 aliphatic rings. The Morgan fingerprint density at radius 3 is 1.72 bits per heavy atom. The molecule has 0 radical (unpaired) electrons. The predicted molar refractivity (Wildman–Crippen MR) is 88.0 cm³/mol. The molecule has 0 amide bonds. The fraction of sp³-hybridized carbons (Fsp3) is 0.235. The fourth-order valence-corrected chi connectivity index (χ4v) is 0.921. The van der Waals surface area contributed by atoms with Crippen LogP contribution in [0.2, 0.25) is 0 Å². The van der Waals surface area contributed by atoms with E-state index in [1.165, 1.54) is 34.1 Å². The summed E-state index contributed by atoms with van der Waals surface area (Å²) in [5.41, 5.74) is 0. The van der Waals surface area contributed by atoms with E-state index in [0.29, 0.717) is 5.76 Å². The number of hydrogen-bond acceptors (Lipinski definition) is 7. The molecule has 0 aromatic carbocycles. The number of carbonyl (C=O) groups excluding carboxylic acids is 4. The van der Waals surface area contributed by atoms with E-state index in [4.69, 9.17) is 9.52 Å². The van der Waals surface area contributed by atoms with Crippen LogP contribution in [-0.2, 0) is 23.9 Å². The number of aliphatic carboxylic acids is 1. The molecule has 0 bridgehead atoms. The average molecular weight is 352 g/mol. The molecule has 1 heterocycles. The van der Waals surface area contributed by atoms with Crippen molar-refractivity contribution in [2.75, 3.05) is 7.11 Å². The largest absolute Gasteiger partial charge is 0.478 e. The minimum atomic E-state index is -1.10. The van der Waals surface area contributed by atoms with Crippen molar-refractivity contribution < 1.29 is 38.2 Å². The standard InChI is InChI=1S/C6H8O3.C6H6O2.C5H6O3/c1-5(7)3-4-6(8)9-2;1-5(7)6-3-2-4-8-6;1-4(6)2-3-5(7)8/h3-4H,1-2H3;2-4H,1H3;2-3H,1H3,(H,7,8)/b4-3+;;3-2+. The van der Waals surface area contributed by atoms with Crippen molar-refractivity contribution in [3.8, 4) is 0 Å². The number of methoxy groups -OCH3 is 1. The number of Topliss-reactive ketones (excluding diaryl/α,β-unsaturated/α-hetero) is 1. The molecule has 0 atom stereocenters. The van der Waals surface area contributed by atoms with Gasteiger partial charge in [-0.1, -0.05) is 0 Å². The number of rotatable bonds is 5. The van der Waals surface area contributed by atoms with E-state index in [1.54, 1.807) is 12.1 Å². The van der Waals surface area contributed by atoms with Gasteiger partial charge in [0.1, 0.15) is 0 Å². The third-order valence-electron chi connectivity index (χ3n) is 1.98. The Bertz CT molecular complexity index is 620. The van der Waals surface area contributed by atoms with Gasteiger partial charge >= 0.3 is 11.9 Å². The molecule has 1 aromatic rings. The normalized spacial score (nSPS) is 9.44. The first kappa shape index (κ1) is 24.0. The molecule has 136 valence electrons. The second-order valence-electron chi connectivity index (χ2n) is 4.28. The first-order chi connectivity index (χ1) is 11.6. The van der Waals surface area contributed by atoms with E-state index >= 15 is 0 Å². The lowest BCUT2D eigenvalue weighted by Gasteiger charge is -1.85. The summed E-state index contributed by atoms with van der Waals surface area (Å²) in [6, 6.07) is 3.33. The number of carboxylic acid groups (broad SMARTS) is 1. The first-order valence-electron chi connectivity index (χ1n) is 6.82. The Morgan fingerprint density at radius 1 is 0.960 bits per heavy atom. The highest BCUT2D eigenvalue weighted by atomic mass is 16.5. The summed E-state index contributed by atoms with van der Waals surface area (Å²) in [7, 11) is 1.26. The van der Waals surface area contributed by atoms with Crippen molar-refractivity contribution >= 4 is 29.3 Å². The van der Waals surface area contributed by atoms with Crippen molar-refractivity contribution in [3.05, 3.63) is 48.5 Å². The summed E-state index contributed by atoms with van der Waals surface area (Å²) in [6.07, 6.45) is 5.54. The predicted octanol–water partition coefficient (Wildman–Crippen LogP) is 2.00. The van der Waals surface area contributed by atoms with Crippen LogP contribution >= 0.6 is 0 Å². The van der Waals surface area contributed by atoms with Gasteiger partial charge < -0.3 is 14.3 Å². The summed E-state index contributed by atoms with van der Waals surface area (Å²) in [4.78, 5) is 50.5. The van der Waals surface area contributed by atoms with Gasteiger partial charge in [0.25, 0.3) is 0 Å². The molecule has 0 fully saturated rings. The van der Waals surface area contributed by atoms with Crippen LogP contribution in [0, 0.1) is 0 Å². The second-order valence-corrected chi connectivity index (χ2v) is 4.28. The minimum absolute atomic E-state index is 0.0324. The zero-order chi connectivity index (χ0) is 19.8. The van der Waals surface area contributed by atoms with Crippen LogP contribution in [0.25, 0.3) is 0 Å². The van der Waals surface area contributed by atoms with E-state index in [1.807, 2.05) is 0 Å². The molecule has 25 heavy (non-hydrogen) atoms. The van der Waals surface area contributed by atoms with Gasteiger partial charge in [-0.25, -0.2) is 9.59 Å². The molecule has 8 heteroatoms. The average Bonchev–Trinajstić information content (AvgIpc) is 3.06. The number of hydrogen-bond donors (Lipinski definition) is 1. The van der Waals surface area contributed by atoms with Crippen LogP contribution < -0.4 is 0 Å². The first-order valence-corrected chi connectivity index (χ1v) is 6.82. The number of ether oxygens (including phenoxy) is 1. The van der Waals surface area contributed by atoms with Crippen molar-refractivity contribution in [1.82, 2.24) is 0 Å². The van der Waals surface area contributed by atoms with Crippen molar-refractivity contribution in [2.24, 2.45) is 0 Å². The van der Waals surface area contributed by atoms with E-state index in [0.717, 1.165) is 24.3 Å². The molecule has 0 saturated carbocycles. The van der Waals surface area contributed by atoms with E-state index in [2.05, 4.69) is 4.74 Å². The second kappa shape index (κ2) is 14.3. The van der Waals surface area contributed by atoms with Crippen LogP contribution in [0.3, 0.4) is 0 Å². The van der Waals surface area contributed by atoms with Crippen LogP contribution in [0.5, 0.6) is 0 Å². The summed E-state index contributed by atoms with van der Waals surface area (Å²) in [5.74, 6) is -1.64. The fourth-order valence-electron chi connectivity index (χ4n) is 0.921. The van der Waals surface area contributed by atoms with Crippen molar-refractivity contribution in [2.45, 2.75) is 20.8 Å². The third-order valence-corrected chi connectivity index (χ3v) is 1.98. The number of esters is 1. The summed E-state index contributed by atoms with van der Waals surface area (Å²) >= 11 is 0. The molecule has 8 nitrogen and oxygen atoms in total. The Morgan fingerprint density at radius 2 is 1.48 bits per heavy atom.